The van der Waals surface area contributed by atoms with Crippen molar-refractivity contribution in [3.8, 4) is 0 Å². The molecule has 6 nitrogen and oxygen atoms in total. The Morgan fingerprint density at radius 2 is 0.519 bits per heavy atom. The van der Waals surface area contributed by atoms with Crippen molar-refractivity contribution in [2.24, 2.45) is 0 Å². The van der Waals surface area contributed by atoms with Crippen molar-refractivity contribution in [1.29, 1.82) is 0 Å². The van der Waals surface area contributed by atoms with Crippen LogP contribution in [0.15, 0.2) is 109 Å². The molecule has 0 saturated carbocycles. The Morgan fingerprint density at radius 3 is 0.883 bits per heavy atom. The van der Waals surface area contributed by atoms with Gasteiger partial charge in [0.1, 0.15) is 13.2 Å². The van der Waals surface area contributed by atoms with Crippen LogP contribution in [-0.2, 0) is 28.6 Å². The third kappa shape index (κ3) is 62.8. The number of hydrogen-bond acceptors (Lipinski definition) is 6. The predicted molar refractivity (Wildman–Crippen MR) is 334 cm³/mol. The van der Waals surface area contributed by atoms with E-state index in [2.05, 4.69) is 130 Å². The average molecular weight is 1070 g/mol. The van der Waals surface area contributed by atoms with Crippen LogP contribution in [0.2, 0.25) is 0 Å². The lowest BCUT2D eigenvalue weighted by molar-refractivity contribution is -0.167. The van der Waals surface area contributed by atoms with E-state index in [0.29, 0.717) is 19.3 Å². The molecule has 0 heterocycles. The van der Waals surface area contributed by atoms with Crippen LogP contribution in [0, 0.1) is 0 Å². The first-order chi connectivity index (χ1) is 38.0. The molecule has 0 radical (unpaired) electrons. The predicted octanol–water partition coefficient (Wildman–Crippen LogP) is 22.2. The van der Waals surface area contributed by atoms with Crippen LogP contribution in [0.5, 0.6) is 0 Å². The monoisotopic (exact) mass is 1070 g/mol. The van der Waals surface area contributed by atoms with Crippen LogP contribution < -0.4 is 0 Å². The van der Waals surface area contributed by atoms with Gasteiger partial charge >= 0.3 is 17.9 Å². The van der Waals surface area contributed by atoms with E-state index in [9.17, 15) is 14.4 Å². The minimum atomic E-state index is -0.812. The van der Waals surface area contributed by atoms with Crippen LogP contribution in [0.1, 0.15) is 303 Å². The van der Waals surface area contributed by atoms with E-state index in [1.54, 1.807) is 0 Å². The molecule has 0 aliphatic heterocycles. The molecule has 6 heteroatoms. The van der Waals surface area contributed by atoms with E-state index in [0.717, 1.165) is 103 Å². The van der Waals surface area contributed by atoms with Gasteiger partial charge in [0.25, 0.3) is 0 Å². The number of carbonyl (C=O) groups excluding carboxylic acids is 3. The van der Waals surface area contributed by atoms with Crippen molar-refractivity contribution in [2.45, 2.75) is 309 Å². The highest BCUT2D eigenvalue weighted by Gasteiger charge is 2.19. The highest BCUT2D eigenvalue weighted by Crippen LogP contribution is 2.16. The summed E-state index contributed by atoms with van der Waals surface area (Å²) in [6.45, 7) is 6.46. The van der Waals surface area contributed by atoms with Gasteiger partial charge in [-0.3, -0.25) is 14.4 Å². The summed E-state index contributed by atoms with van der Waals surface area (Å²) < 4.78 is 16.9. The second-order valence-electron chi connectivity index (χ2n) is 21.3. The largest absolute Gasteiger partial charge is 0.462 e. The van der Waals surface area contributed by atoms with Gasteiger partial charge in [0, 0.05) is 19.3 Å². The van der Waals surface area contributed by atoms with Crippen LogP contribution in [-0.4, -0.2) is 37.2 Å². The lowest BCUT2D eigenvalue weighted by Crippen LogP contribution is -2.30. The highest BCUT2D eigenvalue weighted by molar-refractivity contribution is 5.71. The number of rotatable bonds is 58. The zero-order chi connectivity index (χ0) is 55.7. The van der Waals surface area contributed by atoms with Gasteiger partial charge in [-0.1, -0.05) is 271 Å². The number of carbonyl (C=O) groups is 3. The fraction of sp³-hybridized carbons (Fsp3) is 0.704. The quantitative estimate of drug-likeness (QED) is 0.0261. The number of unbranched alkanes of at least 4 members (excludes halogenated alkanes) is 29. The molecule has 0 aromatic carbocycles. The summed E-state index contributed by atoms with van der Waals surface area (Å²) in [7, 11) is 0. The number of ether oxygens (including phenoxy) is 3. The molecule has 0 amide bonds. The molecule has 0 spiro atoms. The van der Waals surface area contributed by atoms with Crippen molar-refractivity contribution >= 4 is 17.9 Å². The fourth-order valence-corrected chi connectivity index (χ4v) is 8.89. The molecule has 0 aromatic rings. The van der Waals surface area contributed by atoms with Gasteiger partial charge in [0.15, 0.2) is 6.10 Å². The van der Waals surface area contributed by atoms with Crippen LogP contribution in [0.3, 0.4) is 0 Å². The maximum absolute atomic E-state index is 12.9. The molecule has 0 fully saturated rings. The van der Waals surface area contributed by atoms with Gasteiger partial charge in [-0.25, -0.2) is 0 Å². The Kier molecular flexibility index (Phi) is 61.3. The molecule has 0 rings (SSSR count). The first-order valence-electron chi connectivity index (χ1n) is 32.4. The number of esters is 3. The van der Waals surface area contributed by atoms with E-state index in [1.807, 2.05) is 0 Å². The second kappa shape index (κ2) is 64.6. The normalized spacial score (nSPS) is 12.8. The first kappa shape index (κ1) is 73.1. The molecule has 0 aliphatic rings. The zero-order valence-corrected chi connectivity index (χ0v) is 50.4. The fourth-order valence-electron chi connectivity index (χ4n) is 8.89. The van der Waals surface area contributed by atoms with Crippen molar-refractivity contribution in [3.63, 3.8) is 0 Å². The lowest BCUT2D eigenvalue weighted by atomic mass is 10.0. The van der Waals surface area contributed by atoms with E-state index in [-0.39, 0.29) is 37.5 Å². The Balaban J connectivity index is 4.45. The molecule has 440 valence electrons. The smallest absolute Gasteiger partial charge is 0.306 e. The average Bonchev–Trinajstić information content (AvgIpc) is 3.43. The summed E-state index contributed by atoms with van der Waals surface area (Å²) in [6, 6.07) is 0. The van der Waals surface area contributed by atoms with Crippen molar-refractivity contribution in [3.05, 3.63) is 109 Å². The molecular formula is C71H120O6. The standard InChI is InChI=1S/C71H120O6/c1-4-7-10-13-16-19-22-25-28-31-33-34-35-36-38-40-43-46-49-52-55-58-61-64-70(73)76-67-68(66-75-69(72)63-60-57-54-51-48-45-42-39-30-27-24-21-18-15-12-9-6-3)77-71(74)65-62-59-56-53-50-47-44-41-37-32-29-26-23-20-17-14-11-8-5-2/h9,12,17-18,20-21,26-27,29-31,33,37,41-42,45,51,54,68H,4-8,10-11,13-16,19,22-25,28,32,34-36,38-40,43-44,46-50,52-53,55-67H2,1-3H3/b12-9-,20-17-,21-18-,29-26-,30-27-,33-31-,41-37-,45-42-,54-51-. The third-order valence-corrected chi connectivity index (χ3v) is 13.7. The Morgan fingerprint density at radius 1 is 0.273 bits per heavy atom. The van der Waals surface area contributed by atoms with Gasteiger partial charge in [-0.15, -0.1) is 0 Å². The SMILES string of the molecule is CC/C=C\C/C=C\C/C=C\C/C=C\C/C=C\CCCC(=O)OCC(COC(=O)CCCCCCCCCCCCC/C=C\CCCCCCCCCC)OC(=O)CCCCCCCC/C=C\C/C=C\C/C=C\CCCCC. The molecule has 1 atom stereocenters. The van der Waals surface area contributed by atoms with Gasteiger partial charge in [0.2, 0.25) is 0 Å². The highest BCUT2D eigenvalue weighted by atomic mass is 16.6. The maximum Gasteiger partial charge on any atom is 0.306 e. The maximum atomic E-state index is 12.9. The second-order valence-corrected chi connectivity index (χ2v) is 21.3. The summed E-state index contributed by atoms with van der Waals surface area (Å²) in [5.41, 5.74) is 0. The summed E-state index contributed by atoms with van der Waals surface area (Å²) in [6.07, 6.45) is 88.1. The van der Waals surface area contributed by atoms with Crippen LogP contribution in [0.25, 0.3) is 0 Å². The Labute approximate surface area is 476 Å². The minimum absolute atomic E-state index is 0.102. The van der Waals surface area contributed by atoms with Gasteiger partial charge in [-0.2, -0.15) is 0 Å². The van der Waals surface area contributed by atoms with Crippen LogP contribution >= 0.6 is 0 Å². The molecule has 0 aromatic heterocycles. The molecule has 1 unspecified atom stereocenters. The zero-order valence-electron chi connectivity index (χ0n) is 50.4. The molecule has 0 saturated heterocycles. The lowest BCUT2D eigenvalue weighted by Gasteiger charge is -2.18. The van der Waals surface area contributed by atoms with E-state index in [1.165, 1.54) is 154 Å². The third-order valence-electron chi connectivity index (χ3n) is 13.7. The molecule has 0 N–H and O–H groups in total. The molecule has 0 bridgehead atoms. The summed E-state index contributed by atoms with van der Waals surface area (Å²) in [5.74, 6) is -0.969. The topological polar surface area (TPSA) is 78.9 Å². The first-order valence-corrected chi connectivity index (χ1v) is 32.4. The van der Waals surface area contributed by atoms with Crippen molar-refractivity contribution in [2.75, 3.05) is 13.2 Å². The van der Waals surface area contributed by atoms with Crippen molar-refractivity contribution in [1.82, 2.24) is 0 Å². The minimum Gasteiger partial charge on any atom is -0.462 e. The van der Waals surface area contributed by atoms with E-state index < -0.39 is 6.10 Å². The Hall–Kier alpha value is -3.93. The summed E-state index contributed by atoms with van der Waals surface area (Å²) in [5, 5.41) is 0. The summed E-state index contributed by atoms with van der Waals surface area (Å²) >= 11 is 0. The van der Waals surface area contributed by atoms with Crippen LogP contribution in [0.4, 0.5) is 0 Å². The molecule has 77 heavy (non-hydrogen) atoms. The van der Waals surface area contributed by atoms with Gasteiger partial charge in [0.05, 0.1) is 0 Å². The number of hydrogen-bond donors (Lipinski definition) is 0. The molecule has 0 aliphatic carbocycles. The Bertz CT molecular complexity index is 1560. The van der Waals surface area contributed by atoms with Gasteiger partial charge < -0.3 is 14.2 Å². The van der Waals surface area contributed by atoms with E-state index in [4.69, 9.17) is 14.2 Å². The molecular weight excluding hydrogens is 949 g/mol. The number of allylic oxidation sites excluding steroid dienone is 18. The summed E-state index contributed by atoms with van der Waals surface area (Å²) in [4.78, 5) is 38.3. The van der Waals surface area contributed by atoms with Crippen molar-refractivity contribution < 1.29 is 28.6 Å². The van der Waals surface area contributed by atoms with Gasteiger partial charge in [-0.05, 0) is 122 Å². The van der Waals surface area contributed by atoms with E-state index >= 15 is 0 Å².